The van der Waals surface area contributed by atoms with Gasteiger partial charge >= 0.3 is 6.30 Å². The number of hydrogen-bond acceptors (Lipinski definition) is 3. The lowest BCUT2D eigenvalue weighted by Gasteiger charge is -2.16. The summed E-state index contributed by atoms with van der Waals surface area (Å²) in [5, 5.41) is 0.983. The molecule has 0 unspecified atom stereocenters. The lowest BCUT2D eigenvalue weighted by molar-refractivity contribution is -0.146. The number of rotatable bonds is 7. The highest BCUT2D eigenvalue weighted by Crippen LogP contribution is 2.35. The molecule has 2 rings (SSSR count). The minimum Gasteiger partial charge on any atom is -0.489 e. The Morgan fingerprint density at radius 3 is 2.44 bits per heavy atom. The van der Waals surface area contributed by atoms with E-state index in [0.29, 0.717) is 12.2 Å². The predicted molar refractivity (Wildman–Crippen MR) is 86.9 cm³/mol. The Labute approximate surface area is 143 Å². The Morgan fingerprint density at radius 2 is 1.80 bits per heavy atom. The van der Waals surface area contributed by atoms with E-state index in [1.54, 1.807) is 36.4 Å². The fourth-order valence-corrected chi connectivity index (χ4v) is 2.05. The minimum absolute atomic E-state index is 0.0125. The molecule has 0 radical (unpaired) electrons. The molecule has 0 aliphatic carbocycles. The molecule has 0 fully saturated rings. The average Bonchev–Trinajstić information content (AvgIpc) is 2.55. The maximum atomic E-state index is 12.5. The standard InChI is InChI=1S/C18H18F3NO3/c1-2-3-12-24-16-14(17(23)22-18(19,20)21)10-7-11-15(16)25-13-8-5-4-6-9-13/h4-11H,2-3,12H2,1H3,(H,22,23). The number of carbonyl (C=O) groups excluding carboxylic acids is 1. The topological polar surface area (TPSA) is 47.6 Å². The quantitative estimate of drug-likeness (QED) is 0.568. The highest BCUT2D eigenvalue weighted by Gasteiger charge is 2.32. The Balaban J connectivity index is 2.34. The first-order valence-electron chi connectivity index (χ1n) is 7.78. The van der Waals surface area contributed by atoms with E-state index in [1.165, 1.54) is 12.1 Å². The molecule has 0 bridgehead atoms. The molecule has 2 aromatic carbocycles. The molecule has 2 aromatic rings. The SMILES string of the molecule is CCCCOc1c(Oc2ccccc2)cccc1C(=O)NC(F)(F)F. The summed E-state index contributed by atoms with van der Waals surface area (Å²) >= 11 is 0. The molecular weight excluding hydrogens is 335 g/mol. The summed E-state index contributed by atoms with van der Waals surface area (Å²) in [4.78, 5) is 12.0. The molecule has 1 N–H and O–H groups in total. The third-order valence-corrected chi connectivity index (χ3v) is 3.19. The number of hydrogen-bond donors (Lipinski definition) is 1. The maximum absolute atomic E-state index is 12.5. The molecule has 25 heavy (non-hydrogen) atoms. The lowest BCUT2D eigenvalue weighted by Crippen LogP contribution is -2.37. The van der Waals surface area contributed by atoms with Crippen molar-refractivity contribution >= 4 is 5.91 Å². The van der Waals surface area contributed by atoms with Gasteiger partial charge in [0.05, 0.1) is 12.2 Å². The zero-order valence-corrected chi connectivity index (χ0v) is 13.6. The van der Waals surface area contributed by atoms with Crippen LogP contribution in [0.15, 0.2) is 48.5 Å². The molecule has 1 amide bonds. The Morgan fingerprint density at radius 1 is 1.08 bits per heavy atom. The fraction of sp³-hybridized carbons (Fsp3) is 0.278. The highest BCUT2D eigenvalue weighted by molar-refractivity contribution is 5.98. The number of halogens is 3. The van der Waals surface area contributed by atoms with Crippen molar-refractivity contribution in [2.45, 2.75) is 26.1 Å². The van der Waals surface area contributed by atoms with Crippen molar-refractivity contribution in [2.75, 3.05) is 6.61 Å². The molecule has 134 valence electrons. The summed E-state index contributed by atoms with van der Waals surface area (Å²) in [7, 11) is 0. The first-order chi connectivity index (χ1) is 11.9. The second-order valence-corrected chi connectivity index (χ2v) is 5.20. The van der Waals surface area contributed by atoms with Crippen molar-refractivity contribution in [3.63, 3.8) is 0 Å². The number of benzene rings is 2. The van der Waals surface area contributed by atoms with Gasteiger partial charge in [-0.1, -0.05) is 37.6 Å². The summed E-state index contributed by atoms with van der Waals surface area (Å²) in [5.41, 5.74) is -0.234. The Kier molecular flexibility index (Phi) is 6.27. The molecule has 0 spiro atoms. The van der Waals surface area contributed by atoms with Gasteiger partial charge in [0.25, 0.3) is 5.91 Å². The molecule has 0 atom stereocenters. The highest BCUT2D eigenvalue weighted by atomic mass is 19.4. The molecule has 7 heteroatoms. The van der Waals surface area contributed by atoms with Crippen LogP contribution >= 0.6 is 0 Å². The molecule has 0 heterocycles. The van der Waals surface area contributed by atoms with Crippen LogP contribution in [-0.4, -0.2) is 18.8 Å². The van der Waals surface area contributed by atoms with Gasteiger partial charge in [-0.3, -0.25) is 10.1 Å². The molecule has 0 aliphatic heterocycles. The van der Waals surface area contributed by atoms with Crippen molar-refractivity contribution in [3.05, 3.63) is 54.1 Å². The van der Waals surface area contributed by atoms with E-state index >= 15 is 0 Å². The van der Waals surface area contributed by atoms with Crippen molar-refractivity contribution in [1.82, 2.24) is 5.32 Å². The molecule has 0 saturated heterocycles. The van der Waals surface area contributed by atoms with Gasteiger partial charge in [-0.2, -0.15) is 13.2 Å². The molecule has 0 aromatic heterocycles. The van der Waals surface area contributed by atoms with Crippen molar-refractivity contribution in [2.24, 2.45) is 0 Å². The van der Waals surface area contributed by atoms with Gasteiger partial charge in [0.1, 0.15) is 5.75 Å². The monoisotopic (exact) mass is 353 g/mol. The van der Waals surface area contributed by atoms with Crippen LogP contribution < -0.4 is 14.8 Å². The van der Waals surface area contributed by atoms with Gasteiger partial charge < -0.3 is 9.47 Å². The molecule has 0 saturated carbocycles. The van der Waals surface area contributed by atoms with Crippen molar-refractivity contribution in [3.8, 4) is 17.2 Å². The third kappa shape index (κ3) is 5.70. The normalized spacial score (nSPS) is 11.0. The lowest BCUT2D eigenvalue weighted by atomic mass is 10.1. The van der Waals surface area contributed by atoms with Gasteiger partial charge in [0, 0.05) is 0 Å². The van der Waals surface area contributed by atoms with Gasteiger partial charge in [-0.05, 0) is 30.7 Å². The zero-order chi connectivity index (χ0) is 18.3. The number of ether oxygens (including phenoxy) is 2. The number of alkyl halides is 3. The summed E-state index contributed by atoms with van der Waals surface area (Å²) in [6.07, 6.45) is -3.29. The van der Waals surface area contributed by atoms with Crippen LogP contribution in [0.5, 0.6) is 17.2 Å². The number of amides is 1. The van der Waals surface area contributed by atoms with Crippen LogP contribution in [0.1, 0.15) is 30.1 Å². The number of carbonyl (C=O) groups is 1. The second kappa shape index (κ2) is 8.41. The van der Waals surface area contributed by atoms with Gasteiger partial charge in [-0.15, -0.1) is 0 Å². The van der Waals surface area contributed by atoms with Crippen molar-refractivity contribution < 1.29 is 27.4 Å². The van der Waals surface area contributed by atoms with E-state index in [2.05, 4.69) is 0 Å². The molecule has 0 aliphatic rings. The number of para-hydroxylation sites is 2. The predicted octanol–water partition coefficient (Wildman–Crippen LogP) is 4.91. The largest absolute Gasteiger partial charge is 0.489 e. The third-order valence-electron chi connectivity index (χ3n) is 3.19. The summed E-state index contributed by atoms with van der Waals surface area (Å²) < 4.78 is 48.7. The molecule has 4 nitrogen and oxygen atoms in total. The van der Waals surface area contributed by atoms with E-state index in [0.717, 1.165) is 11.7 Å². The van der Waals surface area contributed by atoms with Crippen LogP contribution in [0.25, 0.3) is 0 Å². The van der Waals surface area contributed by atoms with Crippen LogP contribution in [-0.2, 0) is 0 Å². The van der Waals surface area contributed by atoms with E-state index in [4.69, 9.17) is 9.47 Å². The first-order valence-corrected chi connectivity index (χ1v) is 7.78. The summed E-state index contributed by atoms with van der Waals surface area (Å²) in [6, 6.07) is 12.9. The Hall–Kier alpha value is -2.70. The zero-order valence-electron chi connectivity index (χ0n) is 13.6. The van der Waals surface area contributed by atoms with Crippen molar-refractivity contribution in [1.29, 1.82) is 0 Å². The van der Waals surface area contributed by atoms with Gasteiger partial charge in [0.15, 0.2) is 11.5 Å². The molecular formula is C18H18F3NO3. The number of unbranched alkanes of at least 4 members (excludes halogenated alkanes) is 1. The number of nitrogens with one attached hydrogen (secondary N) is 1. The van der Waals surface area contributed by atoms with Gasteiger partial charge in [-0.25, -0.2) is 0 Å². The minimum atomic E-state index is -4.83. The summed E-state index contributed by atoms with van der Waals surface area (Å²) in [5.74, 6) is -0.646. The fourth-order valence-electron chi connectivity index (χ4n) is 2.05. The van der Waals surface area contributed by atoms with E-state index < -0.39 is 12.2 Å². The van der Waals surface area contributed by atoms with Crippen LogP contribution in [0.3, 0.4) is 0 Å². The second-order valence-electron chi connectivity index (χ2n) is 5.20. The van der Waals surface area contributed by atoms with E-state index in [-0.39, 0.29) is 23.7 Å². The average molecular weight is 353 g/mol. The van der Waals surface area contributed by atoms with Gasteiger partial charge in [0.2, 0.25) is 0 Å². The maximum Gasteiger partial charge on any atom is 0.484 e. The van der Waals surface area contributed by atoms with E-state index in [1.807, 2.05) is 6.92 Å². The first kappa shape index (κ1) is 18.6. The van der Waals surface area contributed by atoms with E-state index in [9.17, 15) is 18.0 Å². The van der Waals surface area contributed by atoms with Crippen LogP contribution in [0.2, 0.25) is 0 Å². The Bertz CT molecular complexity index is 702. The van der Waals surface area contributed by atoms with Crippen LogP contribution in [0.4, 0.5) is 13.2 Å². The summed E-state index contributed by atoms with van der Waals surface area (Å²) in [6.45, 7) is 2.21. The smallest absolute Gasteiger partial charge is 0.484 e. The van der Waals surface area contributed by atoms with Crippen LogP contribution in [0, 0.1) is 0 Å².